The summed E-state index contributed by atoms with van der Waals surface area (Å²) in [5.41, 5.74) is 6.05. The molecule has 0 fully saturated rings. The molecule has 6 nitrogen and oxygen atoms in total. The van der Waals surface area contributed by atoms with E-state index in [2.05, 4.69) is 15.7 Å². The fourth-order valence-electron chi connectivity index (χ4n) is 2.99. The molecule has 2 N–H and O–H groups in total. The maximum absolute atomic E-state index is 12.7. The molecule has 0 aliphatic carbocycles. The van der Waals surface area contributed by atoms with Crippen LogP contribution in [-0.4, -0.2) is 21.6 Å². The average molecular weight is 390 g/mol. The van der Waals surface area contributed by atoms with E-state index in [4.69, 9.17) is 0 Å². The van der Waals surface area contributed by atoms with E-state index in [1.165, 1.54) is 4.68 Å². The lowest BCUT2D eigenvalue weighted by molar-refractivity contribution is -0.119. The lowest BCUT2D eigenvalue weighted by Crippen LogP contribution is -2.25. The van der Waals surface area contributed by atoms with Crippen molar-refractivity contribution in [1.82, 2.24) is 9.78 Å². The summed E-state index contributed by atoms with van der Waals surface area (Å²) in [5.74, 6) is -0.497. The van der Waals surface area contributed by atoms with Gasteiger partial charge < -0.3 is 10.6 Å². The van der Waals surface area contributed by atoms with Crippen LogP contribution in [0.2, 0.25) is 0 Å². The zero-order chi connectivity index (χ0) is 21.1. The van der Waals surface area contributed by atoms with Crippen molar-refractivity contribution in [3.63, 3.8) is 0 Å². The van der Waals surface area contributed by atoms with Crippen molar-refractivity contribution in [3.05, 3.63) is 76.6 Å². The second-order valence-electron chi connectivity index (χ2n) is 7.30. The molecule has 0 saturated heterocycles. The van der Waals surface area contributed by atoms with Gasteiger partial charge in [-0.2, -0.15) is 5.10 Å². The van der Waals surface area contributed by atoms with Gasteiger partial charge in [-0.3, -0.25) is 14.3 Å². The first-order valence-corrected chi connectivity index (χ1v) is 9.57. The van der Waals surface area contributed by atoms with E-state index in [-0.39, 0.29) is 17.5 Å². The van der Waals surface area contributed by atoms with E-state index in [1.54, 1.807) is 19.2 Å². The van der Waals surface area contributed by atoms with Crippen molar-refractivity contribution >= 4 is 23.2 Å². The van der Waals surface area contributed by atoms with Crippen LogP contribution in [0.1, 0.15) is 45.7 Å². The van der Waals surface area contributed by atoms with Crippen LogP contribution >= 0.6 is 0 Å². The number of nitrogens with zero attached hydrogens (tertiary/aromatic N) is 2. The molecule has 0 bridgehead atoms. The summed E-state index contributed by atoms with van der Waals surface area (Å²) in [4.78, 5) is 25.2. The highest BCUT2D eigenvalue weighted by molar-refractivity contribution is 6.03. The van der Waals surface area contributed by atoms with Crippen LogP contribution in [0.4, 0.5) is 11.4 Å². The SMILES string of the molecule is Cc1cccc(NC(=O)c2ccn(C(C)C(=O)Nc3cccc(C)c3C)n2)c1C. The van der Waals surface area contributed by atoms with Crippen molar-refractivity contribution in [2.45, 2.75) is 40.7 Å². The molecule has 0 saturated carbocycles. The molecule has 3 aromatic rings. The third kappa shape index (κ3) is 4.37. The molecule has 150 valence electrons. The molecule has 0 aliphatic heterocycles. The number of nitrogens with one attached hydrogen (secondary N) is 2. The third-order valence-corrected chi connectivity index (χ3v) is 5.33. The largest absolute Gasteiger partial charge is 0.324 e. The summed E-state index contributed by atoms with van der Waals surface area (Å²) in [6, 6.07) is 12.6. The molecular weight excluding hydrogens is 364 g/mol. The Morgan fingerprint density at radius 3 is 2.00 bits per heavy atom. The summed E-state index contributed by atoms with van der Waals surface area (Å²) in [6.45, 7) is 9.68. The standard InChI is InChI=1S/C23H26N4O2/c1-14-8-6-10-19(16(14)3)24-22(28)18(5)27-13-12-21(26-27)23(29)25-20-11-7-9-15(2)17(20)4/h6-13,18H,1-5H3,(H,24,28)(H,25,29). The Balaban J connectivity index is 1.71. The van der Waals surface area contributed by atoms with Crippen molar-refractivity contribution in [1.29, 1.82) is 0 Å². The van der Waals surface area contributed by atoms with Gasteiger partial charge >= 0.3 is 0 Å². The minimum absolute atomic E-state index is 0.191. The fourth-order valence-corrected chi connectivity index (χ4v) is 2.99. The van der Waals surface area contributed by atoms with Gasteiger partial charge in [-0.05, 0) is 75.1 Å². The highest BCUT2D eigenvalue weighted by Crippen LogP contribution is 2.21. The highest BCUT2D eigenvalue weighted by Gasteiger charge is 2.19. The van der Waals surface area contributed by atoms with Gasteiger partial charge in [0.1, 0.15) is 6.04 Å². The number of hydrogen-bond acceptors (Lipinski definition) is 3. The van der Waals surface area contributed by atoms with Gasteiger partial charge in [-0.1, -0.05) is 24.3 Å². The fraction of sp³-hybridized carbons (Fsp3) is 0.261. The molecule has 0 radical (unpaired) electrons. The number of aromatic nitrogens is 2. The second-order valence-corrected chi connectivity index (χ2v) is 7.30. The molecule has 3 rings (SSSR count). The molecule has 1 aromatic heterocycles. The lowest BCUT2D eigenvalue weighted by Gasteiger charge is -2.15. The first-order chi connectivity index (χ1) is 13.8. The summed E-state index contributed by atoms with van der Waals surface area (Å²) in [7, 11) is 0. The highest BCUT2D eigenvalue weighted by atomic mass is 16.2. The molecule has 29 heavy (non-hydrogen) atoms. The normalized spacial score (nSPS) is 11.8. The lowest BCUT2D eigenvalue weighted by atomic mass is 10.1. The first-order valence-electron chi connectivity index (χ1n) is 9.57. The number of amides is 2. The van der Waals surface area contributed by atoms with Crippen molar-refractivity contribution < 1.29 is 9.59 Å². The number of hydrogen-bond donors (Lipinski definition) is 2. The summed E-state index contributed by atoms with van der Waals surface area (Å²) in [6.07, 6.45) is 1.64. The van der Waals surface area contributed by atoms with Crippen LogP contribution in [0.5, 0.6) is 0 Å². The van der Waals surface area contributed by atoms with Crippen LogP contribution in [0.3, 0.4) is 0 Å². The Labute approximate surface area is 170 Å². The zero-order valence-electron chi connectivity index (χ0n) is 17.4. The van der Waals surface area contributed by atoms with Gasteiger partial charge in [0.05, 0.1) is 0 Å². The van der Waals surface area contributed by atoms with Crippen LogP contribution in [0.15, 0.2) is 48.7 Å². The number of rotatable bonds is 5. The summed E-state index contributed by atoms with van der Waals surface area (Å²) < 4.78 is 1.50. The topological polar surface area (TPSA) is 76.0 Å². The Hall–Kier alpha value is -3.41. The number of carbonyl (C=O) groups is 2. The number of benzene rings is 2. The smallest absolute Gasteiger partial charge is 0.276 e. The maximum Gasteiger partial charge on any atom is 0.276 e. The van der Waals surface area contributed by atoms with Gasteiger partial charge in [-0.25, -0.2) is 0 Å². The Bertz CT molecular complexity index is 1070. The van der Waals surface area contributed by atoms with Crippen molar-refractivity contribution in [3.8, 4) is 0 Å². The van der Waals surface area contributed by atoms with Gasteiger partial charge in [0.15, 0.2) is 5.69 Å². The van der Waals surface area contributed by atoms with Crippen LogP contribution in [0, 0.1) is 27.7 Å². The Morgan fingerprint density at radius 2 is 1.41 bits per heavy atom. The number of anilines is 2. The van der Waals surface area contributed by atoms with E-state index in [9.17, 15) is 9.59 Å². The van der Waals surface area contributed by atoms with E-state index >= 15 is 0 Å². The van der Waals surface area contributed by atoms with Crippen LogP contribution in [-0.2, 0) is 4.79 Å². The van der Waals surface area contributed by atoms with Crippen molar-refractivity contribution in [2.75, 3.05) is 10.6 Å². The summed E-state index contributed by atoms with van der Waals surface area (Å²) in [5, 5.41) is 10.1. The van der Waals surface area contributed by atoms with Crippen LogP contribution < -0.4 is 10.6 Å². The quantitative estimate of drug-likeness (QED) is 0.670. The van der Waals surface area contributed by atoms with Crippen LogP contribution in [0.25, 0.3) is 0 Å². The zero-order valence-corrected chi connectivity index (χ0v) is 17.4. The molecule has 1 atom stereocenters. The van der Waals surface area contributed by atoms with Gasteiger partial charge in [0.25, 0.3) is 5.91 Å². The number of carbonyl (C=O) groups excluding carboxylic acids is 2. The molecule has 2 aromatic carbocycles. The van der Waals surface area contributed by atoms with E-state index in [0.717, 1.165) is 33.6 Å². The molecule has 1 heterocycles. The van der Waals surface area contributed by atoms with E-state index in [1.807, 2.05) is 64.1 Å². The summed E-state index contributed by atoms with van der Waals surface area (Å²) >= 11 is 0. The Morgan fingerprint density at radius 1 is 0.862 bits per heavy atom. The van der Waals surface area contributed by atoms with E-state index < -0.39 is 6.04 Å². The predicted molar refractivity (Wildman–Crippen MR) is 115 cm³/mol. The molecule has 0 spiro atoms. The van der Waals surface area contributed by atoms with Crippen molar-refractivity contribution in [2.24, 2.45) is 0 Å². The minimum atomic E-state index is -0.558. The average Bonchev–Trinajstić information content (AvgIpc) is 3.18. The Kier molecular flexibility index (Phi) is 5.82. The van der Waals surface area contributed by atoms with Gasteiger partial charge in [0.2, 0.25) is 5.91 Å². The molecule has 1 unspecified atom stereocenters. The molecular formula is C23H26N4O2. The van der Waals surface area contributed by atoms with E-state index in [0.29, 0.717) is 0 Å². The first kappa shape index (κ1) is 20.3. The minimum Gasteiger partial charge on any atom is -0.324 e. The molecule has 2 amide bonds. The second kappa shape index (κ2) is 8.31. The van der Waals surface area contributed by atoms with Gasteiger partial charge in [0, 0.05) is 17.6 Å². The predicted octanol–water partition coefficient (Wildman–Crippen LogP) is 4.57. The molecule has 0 aliphatic rings. The maximum atomic E-state index is 12.7. The monoisotopic (exact) mass is 390 g/mol. The third-order valence-electron chi connectivity index (χ3n) is 5.33. The van der Waals surface area contributed by atoms with Gasteiger partial charge in [-0.15, -0.1) is 0 Å². The molecule has 6 heteroatoms. The number of aryl methyl sites for hydroxylation is 2.